The lowest BCUT2D eigenvalue weighted by molar-refractivity contribution is -0.114. The average Bonchev–Trinajstić information content (AvgIpc) is 3.19. The summed E-state index contributed by atoms with van der Waals surface area (Å²) in [7, 11) is 0. The highest BCUT2D eigenvalue weighted by Crippen LogP contribution is 2.40. The number of hydrogen-bond acceptors (Lipinski definition) is 6. The third-order valence-corrected chi connectivity index (χ3v) is 4.82. The molecule has 3 aromatic rings. The third kappa shape index (κ3) is 3.93. The minimum atomic E-state index is -0.553. The first-order valence-corrected chi connectivity index (χ1v) is 9.35. The molecule has 7 nitrogen and oxygen atoms in total. The number of benzene rings is 2. The number of carbonyl (C=O) groups excluding carboxylic acids is 1. The number of para-hydroxylation sites is 1. The van der Waals surface area contributed by atoms with Gasteiger partial charge in [0.05, 0.1) is 5.56 Å². The zero-order valence-corrected chi connectivity index (χ0v) is 15.9. The highest BCUT2D eigenvalue weighted by molar-refractivity contribution is 5.89. The summed E-state index contributed by atoms with van der Waals surface area (Å²) >= 11 is 0. The monoisotopic (exact) mass is 396 g/mol. The number of nitrogens with zero attached hydrogens (tertiary/aromatic N) is 2. The second-order valence-electron chi connectivity index (χ2n) is 6.86. The number of rotatable bonds is 4. The molecule has 0 atom stereocenters. The second-order valence-corrected chi connectivity index (χ2v) is 6.86. The number of nitrogens with one attached hydrogen (secondary N) is 2. The zero-order valence-electron chi connectivity index (χ0n) is 15.9. The lowest BCUT2D eigenvalue weighted by Gasteiger charge is -2.26. The second kappa shape index (κ2) is 7.92. The Kier molecular flexibility index (Phi) is 5.18. The van der Waals surface area contributed by atoms with Gasteiger partial charge in [-0.05, 0) is 24.3 Å². The molecule has 0 radical (unpaired) electrons. The maximum atomic E-state index is 14.6. The molecule has 1 aliphatic rings. The quantitative estimate of drug-likeness (QED) is 0.627. The Balaban J connectivity index is 1.66. The minimum Gasteiger partial charge on any atom is -0.507 e. The molecule has 8 heteroatoms. The molecule has 2 heterocycles. The molecule has 1 saturated heterocycles. The lowest BCUT2D eigenvalue weighted by atomic mass is 9.99. The van der Waals surface area contributed by atoms with E-state index < -0.39 is 5.82 Å². The van der Waals surface area contributed by atoms with Gasteiger partial charge in [0, 0.05) is 56.0 Å². The number of aromatic hydroxyl groups is 1. The predicted octanol–water partition coefficient (Wildman–Crippen LogP) is 3.22. The molecular weight excluding hydrogens is 375 g/mol. The first-order chi connectivity index (χ1) is 14.0. The summed E-state index contributed by atoms with van der Waals surface area (Å²) in [6.45, 7) is 4.74. The molecule has 1 aliphatic heterocycles. The maximum absolute atomic E-state index is 14.6. The number of aromatic nitrogens is 1. The molecule has 3 N–H and O–H groups in total. The molecule has 29 heavy (non-hydrogen) atoms. The van der Waals surface area contributed by atoms with Crippen molar-refractivity contribution in [1.29, 1.82) is 0 Å². The van der Waals surface area contributed by atoms with E-state index in [0.717, 1.165) is 26.2 Å². The Morgan fingerprint density at radius 3 is 2.66 bits per heavy atom. The van der Waals surface area contributed by atoms with Gasteiger partial charge in [0.25, 0.3) is 0 Å². The third-order valence-electron chi connectivity index (χ3n) is 4.82. The van der Waals surface area contributed by atoms with E-state index in [-0.39, 0.29) is 17.2 Å². The molecule has 0 bridgehead atoms. The van der Waals surface area contributed by atoms with Crippen LogP contribution in [0.3, 0.4) is 0 Å². The molecule has 1 fully saturated rings. The molecule has 0 saturated carbocycles. The standard InChI is InChI=1S/C21H21FN4O3/c1-13(27)24-14-5-6-15(18(22)11-14)16-3-2-4-17(21(16)28)19-12-20(25-29-19)26-9-7-23-8-10-26/h2-6,11-12,23,28H,7-10H2,1H3,(H,24,27). The summed E-state index contributed by atoms with van der Waals surface area (Å²) in [5.41, 5.74) is 1.34. The lowest BCUT2D eigenvalue weighted by Crippen LogP contribution is -2.43. The van der Waals surface area contributed by atoms with Crippen LogP contribution in [0.15, 0.2) is 47.0 Å². The number of amides is 1. The Morgan fingerprint density at radius 1 is 1.17 bits per heavy atom. The van der Waals surface area contributed by atoms with Crippen LogP contribution in [0.4, 0.5) is 15.9 Å². The zero-order chi connectivity index (χ0) is 20.4. The van der Waals surface area contributed by atoms with Crippen molar-refractivity contribution in [2.45, 2.75) is 6.92 Å². The summed E-state index contributed by atoms with van der Waals surface area (Å²) < 4.78 is 20.1. The van der Waals surface area contributed by atoms with Crippen molar-refractivity contribution in [2.24, 2.45) is 0 Å². The Hall–Kier alpha value is -3.39. The van der Waals surface area contributed by atoms with E-state index in [9.17, 15) is 14.3 Å². The van der Waals surface area contributed by atoms with E-state index in [2.05, 4.69) is 20.7 Å². The van der Waals surface area contributed by atoms with Crippen molar-refractivity contribution in [1.82, 2.24) is 10.5 Å². The van der Waals surface area contributed by atoms with Crippen molar-refractivity contribution < 1.29 is 18.8 Å². The van der Waals surface area contributed by atoms with Gasteiger partial charge >= 0.3 is 0 Å². The van der Waals surface area contributed by atoms with E-state index in [0.29, 0.717) is 28.4 Å². The van der Waals surface area contributed by atoms with Crippen LogP contribution in [0.1, 0.15) is 6.92 Å². The van der Waals surface area contributed by atoms with Gasteiger partial charge in [-0.15, -0.1) is 0 Å². The minimum absolute atomic E-state index is 0.0957. The van der Waals surface area contributed by atoms with E-state index in [1.165, 1.54) is 19.1 Å². The molecule has 2 aromatic carbocycles. The summed E-state index contributed by atoms with van der Waals surface area (Å²) in [6.07, 6.45) is 0. The van der Waals surface area contributed by atoms with Gasteiger partial charge in [0.1, 0.15) is 11.6 Å². The van der Waals surface area contributed by atoms with Gasteiger partial charge in [-0.1, -0.05) is 17.3 Å². The number of carbonyl (C=O) groups is 1. The van der Waals surface area contributed by atoms with Crippen LogP contribution in [0.5, 0.6) is 5.75 Å². The van der Waals surface area contributed by atoms with E-state index in [1.54, 1.807) is 30.3 Å². The summed E-state index contributed by atoms with van der Waals surface area (Å²) in [4.78, 5) is 13.3. The number of anilines is 2. The van der Waals surface area contributed by atoms with Crippen LogP contribution in [0.25, 0.3) is 22.5 Å². The van der Waals surface area contributed by atoms with Crippen molar-refractivity contribution in [3.05, 3.63) is 48.3 Å². The Labute approximate surface area is 167 Å². The van der Waals surface area contributed by atoms with Crippen LogP contribution in [0, 0.1) is 5.82 Å². The molecule has 150 valence electrons. The van der Waals surface area contributed by atoms with Gasteiger partial charge in [-0.25, -0.2) is 4.39 Å². The summed E-state index contributed by atoms with van der Waals surface area (Å²) in [5.74, 6) is 0.183. The van der Waals surface area contributed by atoms with Gasteiger partial charge < -0.3 is 25.2 Å². The summed E-state index contributed by atoms with van der Waals surface area (Å²) in [5, 5.41) is 20.7. The van der Waals surface area contributed by atoms with Crippen LogP contribution in [-0.4, -0.2) is 42.3 Å². The van der Waals surface area contributed by atoms with E-state index in [4.69, 9.17) is 4.52 Å². The SMILES string of the molecule is CC(=O)Nc1ccc(-c2cccc(-c3cc(N4CCNCC4)no3)c2O)c(F)c1. The van der Waals surface area contributed by atoms with Crippen molar-refractivity contribution in [3.63, 3.8) is 0 Å². The number of phenols is 1. The van der Waals surface area contributed by atoms with Crippen LogP contribution in [-0.2, 0) is 4.79 Å². The predicted molar refractivity (Wildman–Crippen MR) is 108 cm³/mol. The molecule has 1 aromatic heterocycles. The largest absolute Gasteiger partial charge is 0.507 e. The van der Waals surface area contributed by atoms with Crippen LogP contribution >= 0.6 is 0 Å². The smallest absolute Gasteiger partial charge is 0.221 e. The normalized spacial score (nSPS) is 14.1. The number of halogens is 1. The van der Waals surface area contributed by atoms with Gasteiger partial charge in [-0.3, -0.25) is 4.79 Å². The van der Waals surface area contributed by atoms with E-state index in [1.807, 2.05) is 0 Å². The fourth-order valence-electron chi connectivity index (χ4n) is 3.41. The van der Waals surface area contributed by atoms with Crippen molar-refractivity contribution >= 4 is 17.4 Å². The van der Waals surface area contributed by atoms with Gasteiger partial charge in [-0.2, -0.15) is 0 Å². The topological polar surface area (TPSA) is 90.6 Å². The van der Waals surface area contributed by atoms with Crippen LogP contribution < -0.4 is 15.5 Å². The van der Waals surface area contributed by atoms with Gasteiger partial charge in [0.15, 0.2) is 11.6 Å². The first-order valence-electron chi connectivity index (χ1n) is 9.35. The molecule has 0 aliphatic carbocycles. The first kappa shape index (κ1) is 18.9. The molecule has 1 amide bonds. The van der Waals surface area contributed by atoms with E-state index >= 15 is 0 Å². The summed E-state index contributed by atoms with van der Waals surface area (Å²) in [6, 6.07) is 11.2. The number of phenolic OH excluding ortho intramolecular Hbond substituents is 1. The number of piperazine rings is 1. The number of hydrogen-bond donors (Lipinski definition) is 3. The Morgan fingerprint density at radius 2 is 1.93 bits per heavy atom. The highest BCUT2D eigenvalue weighted by Gasteiger charge is 2.20. The van der Waals surface area contributed by atoms with Gasteiger partial charge in [0.2, 0.25) is 5.91 Å². The fourth-order valence-corrected chi connectivity index (χ4v) is 3.41. The average molecular weight is 396 g/mol. The molecular formula is C21H21FN4O3. The highest BCUT2D eigenvalue weighted by atomic mass is 19.1. The van der Waals surface area contributed by atoms with Crippen molar-refractivity contribution in [3.8, 4) is 28.2 Å². The molecule has 0 unspecified atom stereocenters. The molecule has 0 spiro atoms. The van der Waals surface area contributed by atoms with Crippen molar-refractivity contribution in [2.75, 3.05) is 36.4 Å². The Bertz CT molecular complexity index is 1040. The van der Waals surface area contributed by atoms with Crippen LogP contribution in [0.2, 0.25) is 0 Å². The fraction of sp³-hybridized carbons (Fsp3) is 0.238. The maximum Gasteiger partial charge on any atom is 0.221 e. The molecule has 4 rings (SSSR count).